The van der Waals surface area contributed by atoms with Crippen molar-refractivity contribution in [2.45, 2.75) is 49.5 Å². The van der Waals surface area contributed by atoms with E-state index in [1.165, 1.54) is 81.8 Å². The molecule has 2 fully saturated rings. The number of hydrogen-bond acceptors (Lipinski definition) is 4. The molecule has 3 heterocycles. The van der Waals surface area contributed by atoms with Crippen LogP contribution in [0.5, 0.6) is 0 Å². The van der Waals surface area contributed by atoms with Crippen LogP contribution in [-0.4, -0.2) is 49.5 Å². The summed E-state index contributed by atoms with van der Waals surface area (Å²) in [6, 6.07) is 9.69. The van der Waals surface area contributed by atoms with Crippen LogP contribution in [0.4, 0.5) is 5.69 Å². The molecule has 1 aromatic rings. The lowest BCUT2D eigenvalue weighted by Gasteiger charge is -2.38. The first-order valence-electron chi connectivity index (χ1n) is 9.82. The van der Waals surface area contributed by atoms with Crippen LogP contribution in [0.1, 0.15) is 38.5 Å². The Balaban J connectivity index is 1.20. The Kier molecular flexibility index (Phi) is 5.66. The number of piperidine rings is 2. The smallest absolute Gasteiger partial charge is 0.0690 e. The van der Waals surface area contributed by atoms with Crippen molar-refractivity contribution in [3.05, 3.63) is 24.3 Å². The summed E-state index contributed by atoms with van der Waals surface area (Å²) in [5.74, 6) is 2.14. The maximum absolute atomic E-state index is 3.48. The molecule has 1 N–H and O–H groups in total. The van der Waals surface area contributed by atoms with Gasteiger partial charge in [-0.15, -0.1) is 11.8 Å². The number of nitrogens with one attached hydrogen (secondary N) is 1. The lowest BCUT2D eigenvalue weighted by Crippen LogP contribution is -2.44. The first kappa shape index (κ1) is 16.7. The molecule has 0 atom stereocenters. The van der Waals surface area contributed by atoms with Crippen LogP contribution in [0.3, 0.4) is 0 Å². The second-order valence-corrected chi connectivity index (χ2v) is 8.61. The lowest BCUT2D eigenvalue weighted by molar-refractivity contribution is 0.200. The van der Waals surface area contributed by atoms with Gasteiger partial charge in [0, 0.05) is 24.0 Å². The minimum absolute atomic E-state index is 0.752. The highest BCUT2D eigenvalue weighted by molar-refractivity contribution is 7.99. The third-order valence-corrected chi connectivity index (χ3v) is 7.14. The molecule has 0 saturated carbocycles. The summed E-state index contributed by atoms with van der Waals surface area (Å²) >= 11 is 2.01. The van der Waals surface area contributed by atoms with E-state index in [0.717, 1.165) is 17.8 Å². The summed E-state index contributed by atoms with van der Waals surface area (Å²) in [6.07, 6.45) is 8.31. The topological polar surface area (TPSA) is 18.5 Å². The summed E-state index contributed by atoms with van der Waals surface area (Å²) in [5, 5.41) is 3.48. The van der Waals surface area contributed by atoms with Crippen molar-refractivity contribution in [2.75, 3.05) is 43.5 Å². The zero-order valence-corrected chi connectivity index (χ0v) is 15.6. The van der Waals surface area contributed by atoms with Gasteiger partial charge in [0.2, 0.25) is 0 Å². The lowest BCUT2D eigenvalue weighted by atomic mass is 9.93. The van der Waals surface area contributed by atoms with Crippen molar-refractivity contribution in [1.82, 2.24) is 10.2 Å². The maximum Gasteiger partial charge on any atom is 0.0690 e. The summed E-state index contributed by atoms with van der Waals surface area (Å²) in [7, 11) is 0. The van der Waals surface area contributed by atoms with Crippen LogP contribution in [0.25, 0.3) is 0 Å². The second kappa shape index (κ2) is 8.11. The van der Waals surface area contributed by atoms with Gasteiger partial charge >= 0.3 is 0 Å². The first-order valence-corrected chi connectivity index (χ1v) is 10.8. The number of hydrogen-bond donors (Lipinski definition) is 1. The molecule has 4 rings (SSSR count). The summed E-state index contributed by atoms with van der Waals surface area (Å²) in [5.41, 5.74) is 1.48. The number of rotatable bonds is 5. The minimum Gasteiger partial charge on any atom is -0.358 e. The van der Waals surface area contributed by atoms with Crippen molar-refractivity contribution in [3.63, 3.8) is 0 Å². The van der Waals surface area contributed by atoms with E-state index in [9.17, 15) is 0 Å². The number of fused-ring (bicyclic) bond motifs is 1. The standard InChI is InChI=1S/C20H31N3S/c1-2-6-20-19(5-1)23(16-24-20)18-9-14-22(15-10-18)13-3-4-17-7-11-21-12-8-17/h1-2,5-6,17-18,21H,3-4,7-16H2. The van der Waals surface area contributed by atoms with Crippen molar-refractivity contribution in [1.29, 1.82) is 0 Å². The molecule has 0 aliphatic carbocycles. The second-order valence-electron chi connectivity index (χ2n) is 7.62. The monoisotopic (exact) mass is 345 g/mol. The zero-order valence-electron chi connectivity index (χ0n) is 14.8. The van der Waals surface area contributed by atoms with Gasteiger partial charge in [0.25, 0.3) is 0 Å². The molecule has 0 spiro atoms. The number of anilines is 1. The van der Waals surface area contributed by atoms with Crippen molar-refractivity contribution >= 4 is 17.4 Å². The highest BCUT2D eigenvalue weighted by atomic mass is 32.2. The van der Waals surface area contributed by atoms with Gasteiger partial charge in [-0.25, -0.2) is 0 Å². The molecule has 0 unspecified atom stereocenters. The molecular formula is C20H31N3S. The normalized spacial score (nSPS) is 23.6. The Morgan fingerprint density at radius 2 is 1.83 bits per heavy atom. The third kappa shape index (κ3) is 3.92. The van der Waals surface area contributed by atoms with Gasteiger partial charge in [-0.2, -0.15) is 0 Å². The summed E-state index contributed by atoms with van der Waals surface area (Å²) in [4.78, 5) is 6.85. The van der Waals surface area contributed by atoms with Crippen LogP contribution >= 0.6 is 11.8 Å². The van der Waals surface area contributed by atoms with Crippen LogP contribution < -0.4 is 10.2 Å². The number of thioether (sulfide) groups is 1. The van der Waals surface area contributed by atoms with Gasteiger partial charge in [0.15, 0.2) is 0 Å². The predicted molar refractivity (Wildman–Crippen MR) is 104 cm³/mol. The fraction of sp³-hybridized carbons (Fsp3) is 0.700. The first-order chi connectivity index (χ1) is 11.9. The van der Waals surface area contributed by atoms with E-state index >= 15 is 0 Å². The molecule has 4 heteroatoms. The van der Waals surface area contributed by atoms with E-state index in [4.69, 9.17) is 0 Å². The van der Waals surface area contributed by atoms with E-state index in [1.54, 1.807) is 0 Å². The van der Waals surface area contributed by atoms with Gasteiger partial charge in [-0.05, 0) is 76.2 Å². The molecular weight excluding hydrogens is 314 g/mol. The molecule has 0 radical (unpaired) electrons. The molecule has 3 nitrogen and oxygen atoms in total. The highest BCUT2D eigenvalue weighted by Crippen LogP contribution is 2.40. The Morgan fingerprint density at radius 3 is 2.67 bits per heavy atom. The number of benzene rings is 1. The summed E-state index contributed by atoms with van der Waals surface area (Å²) in [6.45, 7) is 6.39. The quantitative estimate of drug-likeness (QED) is 0.874. The average molecular weight is 346 g/mol. The van der Waals surface area contributed by atoms with E-state index in [0.29, 0.717) is 0 Å². The average Bonchev–Trinajstić information content (AvgIpc) is 3.07. The van der Waals surface area contributed by atoms with Crippen molar-refractivity contribution in [2.24, 2.45) is 5.92 Å². The van der Waals surface area contributed by atoms with Crippen LogP contribution in [0.15, 0.2) is 29.2 Å². The largest absolute Gasteiger partial charge is 0.358 e. The number of para-hydroxylation sites is 1. The Hall–Kier alpha value is -0.710. The van der Waals surface area contributed by atoms with Crippen LogP contribution in [0.2, 0.25) is 0 Å². The highest BCUT2D eigenvalue weighted by Gasteiger charge is 2.29. The van der Waals surface area contributed by atoms with Gasteiger partial charge < -0.3 is 15.1 Å². The van der Waals surface area contributed by atoms with Gasteiger partial charge in [-0.3, -0.25) is 0 Å². The summed E-state index contributed by atoms with van der Waals surface area (Å²) < 4.78 is 0. The van der Waals surface area contributed by atoms with Gasteiger partial charge in [0.1, 0.15) is 0 Å². The molecule has 2 saturated heterocycles. The SMILES string of the molecule is c1ccc2c(c1)SCN2C1CCN(CCCC2CCNCC2)CC1. The van der Waals surface area contributed by atoms with Crippen LogP contribution in [0, 0.1) is 5.92 Å². The fourth-order valence-corrected chi connectivity index (χ4v) is 5.69. The Morgan fingerprint density at radius 1 is 1.04 bits per heavy atom. The molecule has 0 amide bonds. The van der Waals surface area contributed by atoms with Gasteiger partial charge in [-0.1, -0.05) is 12.1 Å². The van der Waals surface area contributed by atoms with Crippen molar-refractivity contribution in [3.8, 4) is 0 Å². The molecule has 1 aromatic carbocycles. The van der Waals surface area contributed by atoms with E-state index in [2.05, 4.69) is 39.4 Å². The fourth-order valence-electron chi connectivity index (χ4n) is 4.56. The molecule has 3 aliphatic rings. The molecule has 24 heavy (non-hydrogen) atoms. The molecule has 132 valence electrons. The number of nitrogens with zero attached hydrogens (tertiary/aromatic N) is 2. The van der Waals surface area contributed by atoms with Gasteiger partial charge in [0.05, 0.1) is 11.6 Å². The molecule has 0 bridgehead atoms. The zero-order chi connectivity index (χ0) is 16.2. The minimum atomic E-state index is 0.752. The maximum atomic E-state index is 3.48. The predicted octanol–water partition coefficient (Wildman–Crippen LogP) is 3.80. The third-order valence-electron chi connectivity index (χ3n) is 6.08. The Bertz CT molecular complexity index is 521. The van der Waals surface area contributed by atoms with Crippen LogP contribution in [-0.2, 0) is 0 Å². The van der Waals surface area contributed by atoms with E-state index in [-0.39, 0.29) is 0 Å². The molecule has 0 aromatic heterocycles. The van der Waals surface area contributed by atoms with E-state index in [1.807, 2.05) is 11.8 Å². The number of likely N-dealkylation sites (tertiary alicyclic amines) is 1. The Labute approximate surface area is 151 Å². The molecule has 3 aliphatic heterocycles. The van der Waals surface area contributed by atoms with E-state index < -0.39 is 0 Å². The van der Waals surface area contributed by atoms with Crippen molar-refractivity contribution < 1.29 is 0 Å².